The lowest BCUT2D eigenvalue weighted by atomic mass is 10.1. The van der Waals surface area contributed by atoms with Crippen LogP contribution in [0.2, 0.25) is 0 Å². The summed E-state index contributed by atoms with van der Waals surface area (Å²) < 4.78 is 5.12. The molecule has 1 aromatic rings. The molecule has 0 amide bonds. The summed E-state index contributed by atoms with van der Waals surface area (Å²) in [5.41, 5.74) is 0.392. The molecule has 1 heterocycles. The Labute approximate surface area is 83.3 Å². The Morgan fingerprint density at radius 2 is 2.14 bits per heavy atom. The van der Waals surface area contributed by atoms with E-state index in [0.717, 1.165) is 0 Å². The first-order valence-corrected chi connectivity index (χ1v) is 4.64. The highest BCUT2D eigenvalue weighted by molar-refractivity contribution is 5.95. The highest BCUT2D eigenvalue weighted by Crippen LogP contribution is 2.07. The number of nitrogens with zero attached hydrogens (tertiary/aromatic N) is 2. The number of aromatic nitrogens is 2. The Balaban J connectivity index is 2.78. The third-order valence-corrected chi connectivity index (χ3v) is 1.70. The third-order valence-electron chi connectivity index (χ3n) is 1.70. The summed E-state index contributed by atoms with van der Waals surface area (Å²) in [7, 11) is 0. The summed E-state index contributed by atoms with van der Waals surface area (Å²) in [5.74, 6) is 0.399. The number of ketones is 1. The summed E-state index contributed by atoms with van der Waals surface area (Å²) in [6.45, 7) is 6.09. The van der Waals surface area contributed by atoms with Crippen molar-refractivity contribution in [3.8, 4) is 5.88 Å². The Hall–Kier alpha value is -1.45. The molecule has 4 nitrogen and oxygen atoms in total. The van der Waals surface area contributed by atoms with E-state index in [1.165, 1.54) is 12.4 Å². The van der Waals surface area contributed by atoms with Gasteiger partial charge >= 0.3 is 0 Å². The fourth-order valence-corrected chi connectivity index (χ4v) is 0.962. The Kier molecular flexibility index (Phi) is 3.56. The minimum absolute atomic E-state index is 0.000508. The summed E-state index contributed by atoms with van der Waals surface area (Å²) in [4.78, 5) is 19.4. The van der Waals surface area contributed by atoms with Gasteiger partial charge in [-0.1, -0.05) is 13.8 Å². The first-order chi connectivity index (χ1) is 6.65. The van der Waals surface area contributed by atoms with Gasteiger partial charge < -0.3 is 4.74 Å². The summed E-state index contributed by atoms with van der Waals surface area (Å²) >= 11 is 0. The molecule has 0 fully saturated rings. The summed E-state index contributed by atoms with van der Waals surface area (Å²) in [6, 6.07) is 0. The van der Waals surface area contributed by atoms with Gasteiger partial charge in [0.2, 0.25) is 5.88 Å². The molecule has 0 N–H and O–H groups in total. The molecule has 0 atom stereocenters. The smallest absolute Gasteiger partial charge is 0.232 e. The van der Waals surface area contributed by atoms with Gasteiger partial charge in [-0.2, -0.15) is 0 Å². The molecule has 1 rings (SSSR count). The van der Waals surface area contributed by atoms with Crippen LogP contribution in [0.4, 0.5) is 0 Å². The predicted molar refractivity (Wildman–Crippen MR) is 52.4 cm³/mol. The van der Waals surface area contributed by atoms with Crippen molar-refractivity contribution < 1.29 is 9.53 Å². The van der Waals surface area contributed by atoms with Gasteiger partial charge in [0.15, 0.2) is 5.78 Å². The minimum Gasteiger partial charge on any atom is -0.477 e. The van der Waals surface area contributed by atoms with Crippen molar-refractivity contribution in [3.63, 3.8) is 0 Å². The quantitative estimate of drug-likeness (QED) is 0.685. The lowest BCUT2D eigenvalue weighted by Gasteiger charge is -2.04. The SMILES string of the molecule is CCOc1cnc(C(=O)C(C)C)cn1. The van der Waals surface area contributed by atoms with Crippen LogP contribution in [-0.4, -0.2) is 22.4 Å². The van der Waals surface area contributed by atoms with Crippen molar-refractivity contribution in [1.82, 2.24) is 9.97 Å². The van der Waals surface area contributed by atoms with E-state index in [2.05, 4.69) is 9.97 Å². The zero-order chi connectivity index (χ0) is 10.6. The van der Waals surface area contributed by atoms with E-state index in [-0.39, 0.29) is 11.7 Å². The average Bonchev–Trinajstić information content (AvgIpc) is 2.18. The molecule has 0 saturated heterocycles. The van der Waals surface area contributed by atoms with E-state index in [0.29, 0.717) is 18.2 Å². The van der Waals surface area contributed by atoms with Crippen molar-refractivity contribution >= 4 is 5.78 Å². The van der Waals surface area contributed by atoms with Crippen LogP contribution in [0.1, 0.15) is 31.3 Å². The van der Waals surface area contributed by atoms with Crippen LogP contribution in [0.5, 0.6) is 5.88 Å². The molecule has 14 heavy (non-hydrogen) atoms. The fourth-order valence-electron chi connectivity index (χ4n) is 0.962. The molecule has 1 aromatic heterocycles. The Morgan fingerprint density at radius 3 is 2.57 bits per heavy atom. The average molecular weight is 194 g/mol. The van der Waals surface area contributed by atoms with Gasteiger partial charge in [0.25, 0.3) is 0 Å². The van der Waals surface area contributed by atoms with Gasteiger partial charge in [0.05, 0.1) is 19.0 Å². The molecule has 0 saturated carbocycles. The van der Waals surface area contributed by atoms with Crippen molar-refractivity contribution in [2.24, 2.45) is 5.92 Å². The van der Waals surface area contributed by atoms with E-state index < -0.39 is 0 Å². The van der Waals surface area contributed by atoms with Crippen LogP contribution in [0.15, 0.2) is 12.4 Å². The van der Waals surface area contributed by atoms with Crippen LogP contribution >= 0.6 is 0 Å². The van der Waals surface area contributed by atoms with E-state index in [4.69, 9.17) is 4.74 Å². The van der Waals surface area contributed by atoms with Crippen LogP contribution in [0.25, 0.3) is 0 Å². The lowest BCUT2D eigenvalue weighted by Crippen LogP contribution is -2.10. The highest BCUT2D eigenvalue weighted by Gasteiger charge is 2.12. The molecule has 0 aliphatic rings. The lowest BCUT2D eigenvalue weighted by molar-refractivity contribution is 0.0934. The maximum atomic E-state index is 11.5. The zero-order valence-electron chi connectivity index (χ0n) is 8.65. The second kappa shape index (κ2) is 4.69. The summed E-state index contributed by atoms with van der Waals surface area (Å²) in [6.07, 6.45) is 2.92. The van der Waals surface area contributed by atoms with Crippen LogP contribution in [0.3, 0.4) is 0 Å². The Bertz CT molecular complexity index is 306. The number of carbonyl (C=O) groups excluding carboxylic acids is 1. The first kappa shape index (κ1) is 10.6. The second-order valence-corrected chi connectivity index (χ2v) is 3.19. The third kappa shape index (κ3) is 2.52. The van der Waals surface area contributed by atoms with Gasteiger partial charge in [-0.15, -0.1) is 0 Å². The molecule has 0 aliphatic carbocycles. The molecular weight excluding hydrogens is 180 g/mol. The van der Waals surface area contributed by atoms with E-state index in [1.807, 2.05) is 20.8 Å². The molecule has 0 spiro atoms. The topological polar surface area (TPSA) is 52.1 Å². The molecule has 0 bridgehead atoms. The number of hydrogen-bond acceptors (Lipinski definition) is 4. The first-order valence-electron chi connectivity index (χ1n) is 4.64. The van der Waals surface area contributed by atoms with Gasteiger partial charge in [-0.25, -0.2) is 9.97 Å². The number of carbonyl (C=O) groups is 1. The van der Waals surface area contributed by atoms with Crippen LogP contribution in [-0.2, 0) is 0 Å². The van der Waals surface area contributed by atoms with E-state index in [9.17, 15) is 4.79 Å². The van der Waals surface area contributed by atoms with Crippen molar-refractivity contribution in [3.05, 3.63) is 18.1 Å². The number of rotatable bonds is 4. The number of hydrogen-bond donors (Lipinski definition) is 0. The highest BCUT2D eigenvalue weighted by atomic mass is 16.5. The molecule has 0 unspecified atom stereocenters. The fraction of sp³-hybridized carbons (Fsp3) is 0.500. The molecular formula is C10H14N2O2. The Morgan fingerprint density at radius 1 is 1.43 bits per heavy atom. The number of ether oxygens (including phenoxy) is 1. The monoisotopic (exact) mass is 194 g/mol. The molecule has 0 aromatic carbocycles. The predicted octanol–water partition coefficient (Wildman–Crippen LogP) is 1.71. The van der Waals surface area contributed by atoms with Crippen molar-refractivity contribution in [1.29, 1.82) is 0 Å². The molecule has 0 radical (unpaired) electrons. The van der Waals surface area contributed by atoms with Gasteiger partial charge in [0, 0.05) is 5.92 Å². The van der Waals surface area contributed by atoms with Gasteiger partial charge in [-0.05, 0) is 6.92 Å². The minimum atomic E-state index is -0.0535. The van der Waals surface area contributed by atoms with Gasteiger partial charge in [0.1, 0.15) is 5.69 Å². The maximum Gasteiger partial charge on any atom is 0.232 e. The van der Waals surface area contributed by atoms with E-state index >= 15 is 0 Å². The van der Waals surface area contributed by atoms with Gasteiger partial charge in [-0.3, -0.25) is 4.79 Å². The maximum absolute atomic E-state index is 11.5. The molecule has 0 aliphatic heterocycles. The largest absolute Gasteiger partial charge is 0.477 e. The second-order valence-electron chi connectivity index (χ2n) is 3.19. The van der Waals surface area contributed by atoms with Crippen LogP contribution < -0.4 is 4.74 Å². The zero-order valence-corrected chi connectivity index (χ0v) is 8.65. The molecule has 4 heteroatoms. The standard InChI is InChI=1S/C10H14N2O2/c1-4-14-9-6-11-8(5-12-9)10(13)7(2)3/h5-7H,4H2,1-3H3. The number of Topliss-reactive ketones (excluding diaryl/α,β-unsaturated/α-hetero) is 1. The van der Waals surface area contributed by atoms with E-state index in [1.54, 1.807) is 0 Å². The van der Waals surface area contributed by atoms with Crippen molar-refractivity contribution in [2.45, 2.75) is 20.8 Å². The summed E-state index contributed by atoms with van der Waals surface area (Å²) in [5, 5.41) is 0. The normalized spacial score (nSPS) is 10.3. The van der Waals surface area contributed by atoms with Crippen molar-refractivity contribution in [2.75, 3.05) is 6.61 Å². The molecule has 76 valence electrons. The van der Waals surface area contributed by atoms with Crippen LogP contribution in [0, 0.1) is 5.92 Å².